The van der Waals surface area contributed by atoms with Crippen LogP contribution in [0, 0.1) is 5.92 Å². The van der Waals surface area contributed by atoms with E-state index in [0.29, 0.717) is 64.5 Å². The highest BCUT2D eigenvalue weighted by atomic mass is 16.6. The van der Waals surface area contributed by atoms with Gasteiger partial charge in [-0.1, -0.05) is 32.3 Å². The molecule has 1 amide bonds. The summed E-state index contributed by atoms with van der Waals surface area (Å²) in [6.07, 6.45) is 6.55. The van der Waals surface area contributed by atoms with E-state index in [1.807, 2.05) is 12.1 Å². The van der Waals surface area contributed by atoms with E-state index in [1.54, 1.807) is 7.11 Å². The molecule has 0 aromatic heterocycles. The molecule has 3 N–H and O–H groups in total. The maximum Gasteiger partial charge on any atom is 0.412 e. The molecule has 1 aromatic carbocycles. The molecule has 0 radical (unpaired) electrons. The Kier molecular flexibility index (Phi) is 11.1. The van der Waals surface area contributed by atoms with Crippen LogP contribution in [0.15, 0.2) is 18.2 Å². The summed E-state index contributed by atoms with van der Waals surface area (Å²) >= 11 is 0. The maximum atomic E-state index is 12.3. The van der Waals surface area contributed by atoms with E-state index in [9.17, 15) is 4.79 Å². The summed E-state index contributed by atoms with van der Waals surface area (Å²) in [7, 11) is 1.64. The SMILES string of the molecule is COCCOCCOCCOCCNC(=O)Oc1ccc2c(c1)[C@@]1(C)CCCCCC(C2)[C@@H]1N. The van der Waals surface area contributed by atoms with Crippen LogP contribution in [0.4, 0.5) is 4.79 Å². The third-order valence-corrected chi connectivity index (χ3v) is 7.10. The van der Waals surface area contributed by atoms with Gasteiger partial charge >= 0.3 is 6.09 Å². The van der Waals surface area contributed by atoms with Crippen molar-refractivity contribution in [2.75, 3.05) is 59.9 Å². The predicted molar refractivity (Wildman–Crippen MR) is 130 cm³/mol. The predicted octanol–water partition coefficient (Wildman–Crippen LogP) is 3.19. The summed E-state index contributed by atoms with van der Waals surface area (Å²) in [5, 5.41) is 2.74. The minimum Gasteiger partial charge on any atom is -0.410 e. The number of nitrogens with one attached hydrogen (secondary N) is 1. The Hall–Kier alpha value is -1.71. The Balaban J connectivity index is 1.36. The van der Waals surface area contributed by atoms with E-state index >= 15 is 0 Å². The number of carbonyl (C=O) groups excluding carboxylic acids is 1. The number of methoxy groups -OCH3 is 1. The molecular formula is C26H42N2O6. The molecule has 2 bridgehead atoms. The van der Waals surface area contributed by atoms with Crippen molar-refractivity contribution in [3.63, 3.8) is 0 Å². The molecular weight excluding hydrogens is 436 g/mol. The average molecular weight is 479 g/mol. The molecule has 2 aliphatic carbocycles. The lowest BCUT2D eigenvalue weighted by molar-refractivity contribution is 0.00419. The van der Waals surface area contributed by atoms with E-state index < -0.39 is 6.09 Å². The molecule has 192 valence electrons. The first-order valence-corrected chi connectivity index (χ1v) is 12.6. The van der Waals surface area contributed by atoms with Gasteiger partial charge in [-0.3, -0.25) is 0 Å². The van der Waals surface area contributed by atoms with Crippen molar-refractivity contribution >= 4 is 6.09 Å². The van der Waals surface area contributed by atoms with Gasteiger partial charge in [-0.15, -0.1) is 0 Å². The van der Waals surface area contributed by atoms with E-state index in [4.69, 9.17) is 29.4 Å². The molecule has 1 saturated carbocycles. The first-order chi connectivity index (χ1) is 16.5. The number of hydrogen-bond donors (Lipinski definition) is 2. The van der Waals surface area contributed by atoms with Crippen molar-refractivity contribution in [2.24, 2.45) is 11.7 Å². The first kappa shape index (κ1) is 26.9. The van der Waals surface area contributed by atoms with Crippen molar-refractivity contribution < 1.29 is 28.5 Å². The van der Waals surface area contributed by atoms with Gasteiger partial charge in [0.1, 0.15) is 5.75 Å². The van der Waals surface area contributed by atoms with Crippen LogP contribution in [0.25, 0.3) is 0 Å². The van der Waals surface area contributed by atoms with Crippen LogP contribution < -0.4 is 15.8 Å². The van der Waals surface area contributed by atoms with Crippen LogP contribution in [0.2, 0.25) is 0 Å². The lowest BCUT2D eigenvalue weighted by Gasteiger charge is -2.47. The second-order valence-corrected chi connectivity index (χ2v) is 9.47. The van der Waals surface area contributed by atoms with Crippen molar-refractivity contribution in [1.82, 2.24) is 5.32 Å². The molecule has 8 heteroatoms. The van der Waals surface area contributed by atoms with Gasteiger partial charge in [-0.05, 0) is 48.4 Å². The average Bonchev–Trinajstić information content (AvgIpc) is 2.83. The molecule has 0 aliphatic heterocycles. The standard InChI is InChI=1S/C26H42N2O6/c1-26-9-5-3-4-6-21(24(26)27)18-20-7-8-22(19-23(20)26)34-25(29)28-10-11-31-14-15-33-17-16-32-13-12-30-2/h7-8,19,21,24H,3-6,9-18,27H2,1-2H3,(H,28,29)/t21?,24-,26+/m0/s1. The minimum absolute atomic E-state index is 0.0690. The number of nitrogens with two attached hydrogens (primary N) is 1. The number of carbonyl (C=O) groups is 1. The largest absolute Gasteiger partial charge is 0.412 e. The highest BCUT2D eigenvalue weighted by molar-refractivity contribution is 5.70. The highest BCUT2D eigenvalue weighted by Crippen LogP contribution is 2.46. The summed E-state index contributed by atoms with van der Waals surface area (Å²) in [5.41, 5.74) is 9.28. The van der Waals surface area contributed by atoms with Crippen LogP contribution >= 0.6 is 0 Å². The van der Waals surface area contributed by atoms with Gasteiger partial charge in [0.2, 0.25) is 0 Å². The van der Waals surface area contributed by atoms with E-state index in [0.717, 1.165) is 12.8 Å². The monoisotopic (exact) mass is 478 g/mol. The van der Waals surface area contributed by atoms with Gasteiger partial charge in [-0.25, -0.2) is 4.79 Å². The van der Waals surface area contributed by atoms with Gasteiger partial charge < -0.3 is 34.7 Å². The summed E-state index contributed by atoms with van der Waals surface area (Å²) in [5.74, 6) is 1.10. The Morgan fingerprint density at radius 1 is 1.03 bits per heavy atom. The molecule has 1 aromatic rings. The molecule has 0 heterocycles. The maximum absolute atomic E-state index is 12.3. The van der Waals surface area contributed by atoms with E-state index in [2.05, 4.69) is 18.3 Å². The number of benzene rings is 1. The number of hydrogen-bond acceptors (Lipinski definition) is 7. The first-order valence-electron chi connectivity index (χ1n) is 12.6. The van der Waals surface area contributed by atoms with Crippen LogP contribution in [0.3, 0.4) is 0 Å². The Bertz CT molecular complexity index is 761. The third-order valence-electron chi connectivity index (χ3n) is 7.10. The Morgan fingerprint density at radius 2 is 1.74 bits per heavy atom. The Morgan fingerprint density at radius 3 is 2.47 bits per heavy atom. The zero-order valence-electron chi connectivity index (χ0n) is 20.8. The number of rotatable bonds is 13. The molecule has 0 saturated heterocycles. The summed E-state index contributed by atoms with van der Waals surface area (Å²) in [4.78, 5) is 12.3. The topological polar surface area (TPSA) is 101 Å². The van der Waals surface area contributed by atoms with Gasteiger partial charge in [0, 0.05) is 25.1 Å². The third kappa shape index (κ3) is 7.65. The molecule has 3 rings (SSSR count). The van der Waals surface area contributed by atoms with Gasteiger partial charge in [0.15, 0.2) is 0 Å². The zero-order valence-corrected chi connectivity index (χ0v) is 20.8. The van der Waals surface area contributed by atoms with Gasteiger partial charge in [0.25, 0.3) is 0 Å². The van der Waals surface area contributed by atoms with Gasteiger partial charge in [0.05, 0.1) is 46.2 Å². The summed E-state index contributed by atoms with van der Waals surface area (Å²) in [6.45, 7) is 6.18. The molecule has 8 nitrogen and oxygen atoms in total. The van der Waals surface area contributed by atoms with Crippen LogP contribution in [-0.2, 0) is 30.8 Å². The second-order valence-electron chi connectivity index (χ2n) is 9.47. The highest BCUT2D eigenvalue weighted by Gasteiger charge is 2.43. The smallest absolute Gasteiger partial charge is 0.410 e. The lowest BCUT2D eigenvalue weighted by Crippen LogP contribution is -2.52. The minimum atomic E-state index is -0.478. The van der Waals surface area contributed by atoms with Crippen LogP contribution in [0.5, 0.6) is 5.75 Å². The van der Waals surface area contributed by atoms with Crippen molar-refractivity contribution in [3.05, 3.63) is 29.3 Å². The lowest BCUT2D eigenvalue weighted by atomic mass is 9.60. The Labute approximate surface area is 203 Å². The summed E-state index contributed by atoms with van der Waals surface area (Å²) < 4.78 is 26.7. The van der Waals surface area contributed by atoms with E-state index in [-0.39, 0.29) is 11.5 Å². The van der Waals surface area contributed by atoms with Crippen LogP contribution in [0.1, 0.15) is 50.2 Å². The van der Waals surface area contributed by atoms with Gasteiger partial charge in [-0.2, -0.15) is 0 Å². The number of amides is 1. The second kappa shape index (κ2) is 14.0. The fraction of sp³-hybridized carbons (Fsp3) is 0.731. The summed E-state index contributed by atoms with van der Waals surface area (Å²) in [6, 6.07) is 6.18. The van der Waals surface area contributed by atoms with Crippen LogP contribution in [-0.4, -0.2) is 72.0 Å². The number of fused-ring (bicyclic) bond motifs is 4. The van der Waals surface area contributed by atoms with E-state index in [1.165, 1.54) is 36.8 Å². The molecule has 1 unspecified atom stereocenters. The van der Waals surface area contributed by atoms with Crippen molar-refractivity contribution in [3.8, 4) is 5.75 Å². The molecule has 0 spiro atoms. The molecule has 1 fully saturated rings. The number of ether oxygens (including phenoxy) is 5. The molecule has 2 aliphatic rings. The zero-order chi connectivity index (χ0) is 24.2. The quantitative estimate of drug-likeness (QED) is 0.420. The molecule has 3 atom stereocenters. The normalized spacial score (nSPS) is 24.1. The fourth-order valence-electron chi connectivity index (χ4n) is 5.15. The van der Waals surface area contributed by atoms with Crippen molar-refractivity contribution in [2.45, 2.75) is 56.9 Å². The van der Waals surface area contributed by atoms with Crippen molar-refractivity contribution in [1.29, 1.82) is 0 Å². The fourth-order valence-corrected chi connectivity index (χ4v) is 5.15. The molecule has 34 heavy (non-hydrogen) atoms.